The van der Waals surface area contributed by atoms with Crippen molar-refractivity contribution in [3.05, 3.63) is 59.2 Å². The van der Waals surface area contributed by atoms with Gasteiger partial charge in [0.15, 0.2) is 16.7 Å². The van der Waals surface area contributed by atoms with Gasteiger partial charge in [-0.3, -0.25) is 14.7 Å². The van der Waals surface area contributed by atoms with Gasteiger partial charge in [-0.1, -0.05) is 30.0 Å². The molecule has 0 saturated heterocycles. The van der Waals surface area contributed by atoms with Gasteiger partial charge in [0.1, 0.15) is 0 Å². The lowest BCUT2D eigenvalue weighted by atomic mass is 10.1. The van der Waals surface area contributed by atoms with Crippen LogP contribution in [0.3, 0.4) is 0 Å². The Kier molecular flexibility index (Phi) is 6.91. The average molecular weight is 438 g/mol. The number of methoxy groups -OCH3 is 2. The van der Waals surface area contributed by atoms with Crippen LogP contribution in [-0.2, 0) is 23.1 Å². The summed E-state index contributed by atoms with van der Waals surface area (Å²) in [5.41, 5.74) is 0.840. The largest absolute Gasteiger partial charge is 0.493 e. The van der Waals surface area contributed by atoms with Gasteiger partial charge in [-0.2, -0.15) is 13.2 Å². The highest BCUT2D eigenvalue weighted by Crippen LogP contribution is 2.30. The van der Waals surface area contributed by atoms with E-state index in [1.54, 1.807) is 24.1 Å². The Hall–Kier alpha value is -2.68. The third-order valence-electron chi connectivity index (χ3n) is 4.56. The lowest BCUT2D eigenvalue weighted by Gasteiger charge is -2.18. The molecule has 0 saturated carbocycles. The molecular weight excluding hydrogens is 417 g/mol. The molecule has 0 aromatic heterocycles. The molecule has 0 fully saturated rings. The Morgan fingerprint density at radius 2 is 1.73 bits per heavy atom. The highest BCUT2D eigenvalue weighted by Gasteiger charge is 2.30. The van der Waals surface area contributed by atoms with Gasteiger partial charge < -0.3 is 9.47 Å². The molecule has 0 atom stereocenters. The normalized spacial score (nSPS) is 13.9. The number of halogens is 3. The molecule has 1 aliphatic heterocycles. The van der Waals surface area contributed by atoms with E-state index in [-0.39, 0.29) is 12.3 Å². The van der Waals surface area contributed by atoms with E-state index in [0.717, 1.165) is 23.3 Å². The zero-order valence-corrected chi connectivity index (χ0v) is 17.3. The van der Waals surface area contributed by atoms with Crippen molar-refractivity contribution >= 4 is 22.8 Å². The molecule has 1 amide bonds. The van der Waals surface area contributed by atoms with Crippen molar-refractivity contribution in [1.29, 1.82) is 0 Å². The number of carbonyl (C=O) groups excluding carboxylic acids is 1. The standard InChI is InChI=1S/C21H21F3N2O3S/c1-28-17-8-5-15(11-18(17)29-2)12-19(27)26-10-9-25-20(26)30-13-14-3-6-16(7-4-14)21(22,23)24/h3-8,11H,9-10,12-13H2,1-2H3. The number of amidine groups is 1. The molecule has 0 aliphatic carbocycles. The number of hydrogen-bond donors (Lipinski definition) is 0. The van der Waals surface area contributed by atoms with Crippen LogP contribution in [0.15, 0.2) is 47.5 Å². The summed E-state index contributed by atoms with van der Waals surface area (Å²) in [6.07, 6.45) is -4.17. The van der Waals surface area contributed by atoms with Crippen LogP contribution in [0.25, 0.3) is 0 Å². The monoisotopic (exact) mass is 438 g/mol. The molecule has 9 heteroatoms. The third-order valence-corrected chi connectivity index (χ3v) is 5.64. The summed E-state index contributed by atoms with van der Waals surface area (Å²) in [5, 5.41) is 0.584. The fourth-order valence-corrected chi connectivity index (χ4v) is 4.00. The van der Waals surface area contributed by atoms with E-state index in [1.165, 1.54) is 31.0 Å². The van der Waals surface area contributed by atoms with Crippen molar-refractivity contribution in [2.24, 2.45) is 4.99 Å². The number of rotatable bonds is 6. The molecule has 2 aromatic rings. The second kappa shape index (κ2) is 9.42. The minimum atomic E-state index is -4.35. The number of aliphatic imine (C=N–C) groups is 1. The molecule has 3 rings (SSSR count). The molecule has 30 heavy (non-hydrogen) atoms. The molecule has 0 bridgehead atoms. The maximum atomic E-state index is 12.8. The summed E-state index contributed by atoms with van der Waals surface area (Å²) in [4.78, 5) is 18.8. The van der Waals surface area contributed by atoms with E-state index >= 15 is 0 Å². The third kappa shape index (κ3) is 5.27. The summed E-state index contributed by atoms with van der Waals surface area (Å²) in [5.74, 6) is 1.47. The van der Waals surface area contributed by atoms with Crippen LogP contribution >= 0.6 is 11.8 Å². The lowest BCUT2D eigenvalue weighted by Crippen LogP contribution is -2.34. The van der Waals surface area contributed by atoms with Crippen molar-refractivity contribution in [2.75, 3.05) is 27.3 Å². The van der Waals surface area contributed by atoms with E-state index in [9.17, 15) is 18.0 Å². The minimum Gasteiger partial charge on any atom is -0.493 e. The molecule has 1 aliphatic rings. The van der Waals surface area contributed by atoms with Crippen molar-refractivity contribution in [3.8, 4) is 11.5 Å². The highest BCUT2D eigenvalue weighted by molar-refractivity contribution is 8.13. The Morgan fingerprint density at radius 3 is 2.37 bits per heavy atom. The number of ether oxygens (including phenoxy) is 2. The number of hydrogen-bond acceptors (Lipinski definition) is 5. The predicted octanol–water partition coefficient (Wildman–Crippen LogP) is 4.40. The second-order valence-corrected chi connectivity index (χ2v) is 7.50. The van der Waals surface area contributed by atoms with E-state index < -0.39 is 11.7 Å². The van der Waals surface area contributed by atoms with Crippen molar-refractivity contribution in [3.63, 3.8) is 0 Å². The molecule has 160 valence electrons. The number of amides is 1. The minimum absolute atomic E-state index is 0.0987. The summed E-state index contributed by atoms with van der Waals surface area (Å²) in [7, 11) is 3.08. The molecule has 5 nitrogen and oxygen atoms in total. The Labute approximate surface area is 176 Å². The SMILES string of the molecule is COc1ccc(CC(=O)N2CCN=C2SCc2ccc(C(F)(F)F)cc2)cc1OC. The van der Waals surface area contributed by atoms with E-state index in [0.29, 0.717) is 35.5 Å². The van der Waals surface area contributed by atoms with Gasteiger partial charge in [-0.15, -0.1) is 0 Å². The smallest absolute Gasteiger partial charge is 0.416 e. The van der Waals surface area contributed by atoms with Crippen LogP contribution in [0.5, 0.6) is 11.5 Å². The zero-order chi connectivity index (χ0) is 21.7. The predicted molar refractivity (Wildman–Crippen MR) is 110 cm³/mol. The lowest BCUT2D eigenvalue weighted by molar-refractivity contribution is -0.137. The summed E-state index contributed by atoms with van der Waals surface area (Å²) in [6, 6.07) is 10.3. The number of benzene rings is 2. The second-order valence-electron chi connectivity index (χ2n) is 6.56. The Balaban J connectivity index is 1.60. The first-order chi connectivity index (χ1) is 14.3. The molecule has 0 unspecified atom stereocenters. The van der Waals surface area contributed by atoms with Crippen LogP contribution in [0.2, 0.25) is 0 Å². The highest BCUT2D eigenvalue weighted by atomic mass is 32.2. The Bertz CT molecular complexity index is 930. The van der Waals surface area contributed by atoms with Crippen molar-refractivity contribution in [2.45, 2.75) is 18.3 Å². The summed E-state index contributed by atoms with van der Waals surface area (Å²) in [6.45, 7) is 0.995. The van der Waals surface area contributed by atoms with E-state index in [1.807, 2.05) is 6.07 Å². The maximum absolute atomic E-state index is 12.8. The Morgan fingerprint density at radius 1 is 1.07 bits per heavy atom. The van der Waals surface area contributed by atoms with Crippen LogP contribution in [0, 0.1) is 0 Å². The van der Waals surface area contributed by atoms with Gasteiger partial charge in [-0.25, -0.2) is 0 Å². The molecule has 0 radical (unpaired) electrons. The van der Waals surface area contributed by atoms with Gasteiger partial charge in [0.2, 0.25) is 5.91 Å². The van der Waals surface area contributed by atoms with Gasteiger partial charge in [-0.05, 0) is 35.4 Å². The first-order valence-electron chi connectivity index (χ1n) is 9.16. The topological polar surface area (TPSA) is 51.1 Å². The van der Waals surface area contributed by atoms with Crippen LogP contribution in [-0.4, -0.2) is 43.3 Å². The number of nitrogens with zero attached hydrogens (tertiary/aromatic N) is 2. The number of carbonyl (C=O) groups is 1. The number of alkyl halides is 3. The van der Waals surface area contributed by atoms with Gasteiger partial charge in [0, 0.05) is 12.3 Å². The quantitative estimate of drug-likeness (QED) is 0.671. The zero-order valence-electron chi connectivity index (χ0n) is 16.5. The van der Waals surface area contributed by atoms with Crippen LogP contribution in [0.4, 0.5) is 13.2 Å². The maximum Gasteiger partial charge on any atom is 0.416 e. The van der Waals surface area contributed by atoms with E-state index in [2.05, 4.69) is 4.99 Å². The fraction of sp³-hybridized carbons (Fsp3) is 0.333. The van der Waals surface area contributed by atoms with Crippen molar-refractivity contribution in [1.82, 2.24) is 4.90 Å². The molecule has 2 aromatic carbocycles. The molecule has 1 heterocycles. The molecule has 0 spiro atoms. The summed E-state index contributed by atoms with van der Waals surface area (Å²) < 4.78 is 48.5. The van der Waals surface area contributed by atoms with E-state index in [4.69, 9.17) is 9.47 Å². The van der Waals surface area contributed by atoms with Crippen LogP contribution < -0.4 is 9.47 Å². The van der Waals surface area contributed by atoms with Crippen molar-refractivity contribution < 1.29 is 27.4 Å². The fourth-order valence-electron chi connectivity index (χ4n) is 2.98. The van der Waals surface area contributed by atoms with Crippen LogP contribution in [0.1, 0.15) is 16.7 Å². The van der Waals surface area contributed by atoms with Gasteiger partial charge in [0.25, 0.3) is 0 Å². The summed E-state index contributed by atoms with van der Waals surface area (Å²) >= 11 is 1.34. The molecule has 0 N–H and O–H groups in total. The van der Waals surface area contributed by atoms with Gasteiger partial charge >= 0.3 is 6.18 Å². The first-order valence-corrected chi connectivity index (χ1v) is 10.1. The van der Waals surface area contributed by atoms with Gasteiger partial charge in [0.05, 0.1) is 32.7 Å². The average Bonchev–Trinajstić information content (AvgIpc) is 3.20. The first kappa shape index (κ1) is 22.0. The number of thioether (sulfide) groups is 1. The molecular formula is C21H21F3N2O3S.